The molecule has 0 aliphatic carbocycles. The van der Waals surface area contributed by atoms with Gasteiger partial charge in [0.15, 0.2) is 0 Å². The number of aromatic nitrogens is 1. The third-order valence-corrected chi connectivity index (χ3v) is 4.66. The summed E-state index contributed by atoms with van der Waals surface area (Å²) in [5.41, 5.74) is 1.82. The van der Waals surface area contributed by atoms with Crippen molar-refractivity contribution in [3.05, 3.63) is 59.8 Å². The van der Waals surface area contributed by atoms with Gasteiger partial charge in [0, 0.05) is 58.5 Å². The van der Waals surface area contributed by atoms with Gasteiger partial charge in [-0.2, -0.15) is 0 Å². The molecule has 1 fully saturated rings. The van der Waals surface area contributed by atoms with Crippen LogP contribution in [0, 0.1) is 0 Å². The van der Waals surface area contributed by atoms with Crippen LogP contribution in [0.3, 0.4) is 0 Å². The van der Waals surface area contributed by atoms with E-state index in [0.717, 1.165) is 12.4 Å². The Morgan fingerprint density at radius 3 is 2.35 bits per heavy atom. The van der Waals surface area contributed by atoms with Gasteiger partial charge in [0.1, 0.15) is 5.82 Å². The van der Waals surface area contributed by atoms with Crippen LogP contribution in [-0.2, 0) is 11.3 Å². The van der Waals surface area contributed by atoms with Gasteiger partial charge >= 0.3 is 0 Å². The summed E-state index contributed by atoms with van der Waals surface area (Å²) >= 11 is 0. The van der Waals surface area contributed by atoms with E-state index in [9.17, 15) is 9.59 Å². The van der Waals surface area contributed by atoms with Crippen LogP contribution in [0.25, 0.3) is 0 Å². The molecule has 6 heteroatoms. The molecule has 3 rings (SSSR count). The highest BCUT2D eigenvalue weighted by Crippen LogP contribution is 2.16. The van der Waals surface area contributed by atoms with Gasteiger partial charge < -0.3 is 14.7 Å². The summed E-state index contributed by atoms with van der Waals surface area (Å²) < 4.78 is 0. The summed E-state index contributed by atoms with van der Waals surface area (Å²) in [6, 6.07) is 13.7. The highest BCUT2D eigenvalue weighted by atomic mass is 16.2. The van der Waals surface area contributed by atoms with E-state index in [0.29, 0.717) is 31.7 Å². The fourth-order valence-corrected chi connectivity index (χ4v) is 3.11. The van der Waals surface area contributed by atoms with Crippen LogP contribution in [0.4, 0.5) is 5.82 Å². The number of anilines is 1. The molecule has 2 heterocycles. The van der Waals surface area contributed by atoms with Crippen LogP contribution < -0.4 is 4.90 Å². The first kappa shape index (κ1) is 17.9. The van der Waals surface area contributed by atoms with E-state index in [-0.39, 0.29) is 11.8 Å². The Hall–Kier alpha value is -2.89. The molecule has 1 aliphatic heterocycles. The fourth-order valence-electron chi connectivity index (χ4n) is 3.11. The Kier molecular flexibility index (Phi) is 5.51. The average Bonchev–Trinajstić information content (AvgIpc) is 2.68. The molecule has 2 amide bonds. The first-order valence-electron chi connectivity index (χ1n) is 8.80. The number of carbonyl (C=O) groups is 2. The number of piperazine rings is 1. The van der Waals surface area contributed by atoms with Crippen LogP contribution >= 0.6 is 0 Å². The van der Waals surface area contributed by atoms with Gasteiger partial charge in [0.25, 0.3) is 5.91 Å². The van der Waals surface area contributed by atoms with E-state index in [1.807, 2.05) is 36.2 Å². The maximum Gasteiger partial charge on any atom is 0.254 e. The molecular formula is C20H24N4O2. The molecule has 136 valence electrons. The number of carbonyl (C=O) groups excluding carboxylic acids is 2. The molecule has 0 bridgehead atoms. The molecule has 26 heavy (non-hydrogen) atoms. The zero-order chi connectivity index (χ0) is 18.5. The van der Waals surface area contributed by atoms with Crippen molar-refractivity contribution in [2.45, 2.75) is 13.5 Å². The van der Waals surface area contributed by atoms with Crippen LogP contribution in [0.1, 0.15) is 22.8 Å². The standard InChI is InChI=1S/C20H24N4O2/c1-16(25)23-10-12-24(13-11-23)20(26)18-8-9-21-19(14-18)22(2)15-17-6-4-3-5-7-17/h3-9,14H,10-13,15H2,1-2H3. The van der Waals surface area contributed by atoms with Crippen molar-refractivity contribution in [3.8, 4) is 0 Å². The molecule has 0 saturated carbocycles. The number of benzene rings is 1. The van der Waals surface area contributed by atoms with Crippen molar-refractivity contribution < 1.29 is 9.59 Å². The molecule has 0 radical (unpaired) electrons. The number of amides is 2. The Bertz CT molecular complexity index is 770. The molecule has 1 aromatic heterocycles. The molecule has 0 N–H and O–H groups in total. The van der Waals surface area contributed by atoms with Crippen LogP contribution in [0.2, 0.25) is 0 Å². The van der Waals surface area contributed by atoms with Crippen molar-refractivity contribution >= 4 is 17.6 Å². The minimum Gasteiger partial charge on any atom is -0.355 e. The zero-order valence-electron chi connectivity index (χ0n) is 15.3. The second kappa shape index (κ2) is 7.99. The van der Waals surface area contributed by atoms with Crippen molar-refractivity contribution in [1.29, 1.82) is 0 Å². The first-order chi connectivity index (χ1) is 12.5. The van der Waals surface area contributed by atoms with E-state index < -0.39 is 0 Å². The number of rotatable bonds is 4. The van der Waals surface area contributed by atoms with Gasteiger partial charge in [-0.15, -0.1) is 0 Å². The van der Waals surface area contributed by atoms with Crippen molar-refractivity contribution in [1.82, 2.24) is 14.8 Å². The second-order valence-electron chi connectivity index (χ2n) is 6.54. The molecule has 2 aromatic rings. The summed E-state index contributed by atoms with van der Waals surface area (Å²) in [6.07, 6.45) is 1.68. The molecule has 1 aromatic carbocycles. The number of hydrogen-bond acceptors (Lipinski definition) is 4. The highest BCUT2D eigenvalue weighted by Gasteiger charge is 2.23. The SMILES string of the molecule is CC(=O)N1CCN(C(=O)c2ccnc(N(C)Cc3ccccc3)c2)CC1. The zero-order valence-corrected chi connectivity index (χ0v) is 15.3. The topological polar surface area (TPSA) is 56.8 Å². The van der Waals surface area contributed by atoms with E-state index in [4.69, 9.17) is 0 Å². The van der Waals surface area contributed by atoms with Crippen LogP contribution in [-0.4, -0.2) is 59.8 Å². The maximum absolute atomic E-state index is 12.8. The summed E-state index contributed by atoms with van der Waals surface area (Å²) in [7, 11) is 1.97. The molecule has 1 saturated heterocycles. The quantitative estimate of drug-likeness (QED) is 0.845. The molecule has 0 atom stereocenters. The Balaban J connectivity index is 1.67. The third kappa shape index (κ3) is 4.20. The minimum atomic E-state index is -0.00929. The smallest absolute Gasteiger partial charge is 0.254 e. The fraction of sp³-hybridized carbons (Fsp3) is 0.350. The largest absolute Gasteiger partial charge is 0.355 e. The minimum absolute atomic E-state index is 0.00929. The van der Waals surface area contributed by atoms with Gasteiger partial charge in [-0.05, 0) is 17.7 Å². The monoisotopic (exact) mass is 352 g/mol. The second-order valence-corrected chi connectivity index (χ2v) is 6.54. The van der Waals surface area contributed by atoms with Gasteiger partial charge in [-0.1, -0.05) is 30.3 Å². The first-order valence-corrected chi connectivity index (χ1v) is 8.80. The van der Waals surface area contributed by atoms with E-state index >= 15 is 0 Å². The molecular weight excluding hydrogens is 328 g/mol. The molecule has 1 aliphatic rings. The van der Waals surface area contributed by atoms with Crippen molar-refractivity contribution in [2.75, 3.05) is 38.1 Å². The van der Waals surface area contributed by atoms with E-state index in [1.54, 1.807) is 29.0 Å². The van der Waals surface area contributed by atoms with Crippen molar-refractivity contribution in [2.24, 2.45) is 0 Å². The lowest BCUT2D eigenvalue weighted by Gasteiger charge is -2.34. The number of hydrogen-bond donors (Lipinski definition) is 0. The lowest BCUT2D eigenvalue weighted by atomic mass is 10.2. The molecule has 0 spiro atoms. The number of pyridine rings is 1. The Labute approximate surface area is 154 Å². The Morgan fingerprint density at radius 2 is 1.69 bits per heavy atom. The van der Waals surface area contributed by atoms with Gasteiger partial charge in [-0.25, -0.2) is 4.98 Å². The lowest BCUT2D eigenvalue weighted by Crippen LogP contribution is -2.50. The average molecular weight is 352 g/mol. The predicted octanol–water partition coefficient (Wildman–Crippen LogP) is 2.02. The summed E-state index contributed by atoms with van der Waals surface area (Å²) in [4.78, 5) is 34.2. The molecule has 0 unspecified atom stereocenters. The van der Waals surface area contributed by atoms with Gasteiger partial charge in [0.05, 0.1) is 0 Å². The summed E-state index contributed by atoms with van der Waals surface area (Å²) in [5, 5.41) is 0. The predicted molar refractivity (Wildman–Crippen MR) is 101 cm³/mol. The highest BCUT2D eigenvalue weighted by molar-refractivity contribution is 5.95. The van der Waals surface area contributed by atoms with Gasteiger partial charge in [-0.3, -0.25) is 9.59 Å². The van der Waals surface area contributed by atoms with Crippen LogP contribution in [0.15, 0.2) is 48.7 Å². The maximum atomic E-state index is 12.8. The lowest BCUT2D eigenvalue weighted by molar-refractivity contribution is -0.130. The third-order valence-electron chi connectivity index (χ3n) is 4.66. The summed E-state index contributed by atoms with van der Waals surface area (Å²) in [6.45, 7) is 4.60. The van der Waals surface area contributed by atoms with Crippen molar-refractivity contribution in [3.63, 3.8) is 0 Å². The van der Waals surface area contributed by atoms with Gasteiger partial charge in [0.2, 0.25) is 5.91 Å². The van der Waals surface area contributed by atoms with Crippen LogP contribution in [0.5, 0.6) is 0 Å². The van der Waals surface area contributed by atoms with E-state index in [1.165, 1.54) is 5.56 Å². The number of nitrogens with zero attached hydrogens (tertiary/aromatic N) is 4. The normalized spacial score (nSPS) is 14.2. The van der Waals surface area contributed by atoms with E-state index in [2.05, 4.69) is 17.1 Å². The molecule has 6 nitrogen and oxygen atoms in total. The summed E-state index contributed by atoms with van der Waals surface area (Å²) in [5.74, 6) is 0.817. The Morgan fingerprint density at radius 1 is 1.04 bits per heavy atom.